The van der Waals surface area contributed by atoms with Crippen molar-refractivity contribution in [2.45, 2.75) is 40.2 Å². The van der Waals surface area contributed by atoms with Crippen LogP contribution in [0.2, 0.25) is 0 Å². The first-order valence-corrected chi connectivity index (χ1v) is 7.15. The van der Waals surface area contributed by atoms with E-state index in [0.29, 0.717) is 13.1 Å². The topological polar surface area (TPSA) is 61.4 Å². The summed E-state index contributed by atoms with van der Waals surface area (Å²) in [6.07, 6.45) is 2.00. The molecule has 1 fully saturated rings. The van der Waals surface area contributed by atoms with Gasteiger partial charge in [-0.1, -0.05) is 17.7 Å². The highest BCUT2D eigenvalue weighted by Crippen LogP contribution is 2.44. The Balaban J connectivity index is 1.84. The molecule has 0 bridgehead atoms. The third kappa shape index (κ3) is 3.51. The normalized spacial score (nSPS) is 15.8. The van der Waals surface area contributed by atoms with Crippen LogP contribution in [0.4, 0.5) is 4.79 Å². The van der Waals surface area contributed by atoms with E-state index >= 15 is 0 Å². The Hall–Kier alpha value is -1.55. The Labute approximate surface area is 120 Å². The van der Waals surface area contributed by atoms with E-state index < -0.39 is 0 Å². The summed E-state index contributed by atoms with van der Waals surface area (Å²) in [4.78, 5) is 11.8. The minimum Gasteiger partial charge on any atom is -0.396 e. The molecule has 20 heavy (non-hydrogen) atoms. The van der Waals surface area contributed by atoms with Crippen molar-refractivity contribution in [3.05, 3.63) is 34.4 Å². The number of carbonyl (C=O) groups is 1. The zero-order valence-electron chi connectivity index (χ0n) is 12.5. The maximum Gasteiger partial charge on any atom is 0.315 e. The van der Waals surface area contributed by atoms with Gasteiger partial charge in [0.2, 0.25) is 0 Å². The number of aryl methyl sites for hydroxylation is 3. The lowest BCUT2D eigenvalue weighted by Gasteiger charge is -2.15. The minimum absolute atomic E-state index is 0.0486. The fourth-order valence-corrected chi connectivity index (χ4v) is 2.56. The fraction of sp³-hybridized carbons (Fsp3) is 0.562. The van der Waals surface area contributed by atoms with Gasteiger partial charge in [0, 0.05) is 18.5 Å². The van der Waals surface area contributed by atoms with Crippen molar-refractivity contribution in [2.75, 3.05) is 13.2 Å². The fourth-order valence-electron chi connectivity index (χ4n) is 2.56. The zero-order chi connectivity index (χ0) is 14.8. The second-order valence-corrected chi connectivity index (χ2v) is 6.07. The molecule has 0 radical (unpaired) electrons. The second kappa shape index (κ2) is 5.83. The Bertz CT molecular complexity index is 484. The van der Waals surface area contributed by atoms with Crippen molar-refractivity contribution < 1.29 is 9.90 Å². The van der Waals surface area contributed by atoms with Gasteiger partial charge in [-0.25, -0.2) is 4.79 Å². The summed E-state index contributed by atoms with van der Waals surface area (Å²) in [6.45, 7) is 7.47. The molecule has 4 heteroatoms. The molecular weight excluding hydrogens is 252 g/mol. The van der Waals surface area contributed by atoms with Gasteiger partial charge >= 0.3 is 6.03 Å². The first-order chi connectivity index (χ1) is 9.46. The summed E-state index contributed by atoms with van der Waals surface area (Å²) in [7, 11) is 0. The van der Waals surface area contributed by atoms with Gasteiger partial charge < -0.3 is 15.7 Å². The van der Waals surface area contributed by atoms with E-state index in [2.05, 4.69) is 43.5 Å². The van der Waals surface area contributed by atoms with Gasteiger partial charge in [-0.05, 0) is 50.3 Å². The van der Waals surface area contributed by atoms with Crippen molar-refractivity contribution in [1.82, 2.24) is 10.6 Å². The summed E-state index contributed by atoms with van der Waals surface area (Å²) >= 11 is 0. The molecule has 0 atom stereocenters. The Morgan fingerprint density at radius 3 is 2.30 bits per heavy atom. The average Bonchev–Trinajstić information content (AvgIpc) is 3.15. The highest BCUT2D eigenvalue weighted by Gasteiger charge is 2.42. The molecule has 4 nitrogen and oxygen atoms in total. The summed E-state index contributed by atoms with van der Waals surface area (Å²) in [6, 6.07) is 4.10. The Morgan fingerprint density at radius 1 is 1.20 bits per heavy atom. The molecule has 2 amide bonds. The number of nitrogens with one attached hydrogen (secondary N) is 2. The monoisotopic (exact) mass is 276 g/mol. The summed E-state index contributed by atoms with van der Waals surface area (Å²) in [5.41, 5.74) is 4.78. The van der Waals surface area contributed by atoms with E-state index in [1.165, 1.54) is 22.3 Å². The molecule has 110 valence electrons. The maximum atomic E-state index is 11.8. The van der Waals surface area contributed by atoms with Gasteiger partial charge in [-0.2, -0.15) is 0 Å². The molecule has 2 rings (SSSR count). The van der Waals surface area contributed by atoms with Crippen molar-refractivity contribution >= 4 is 6.03 Å². The number of aliphatic hydroxyl groups is 1. The molecule has 0 saturated heterocycles. The first kappa shape index (κ1) is 14.9. The largest absolute Gasteiger partial charge is 0.396 e. The van der Waals surface area contributed by atoms with E-state index in [-0.39, 0.29) is 18.1 Å². The summed E-state index contributed by atoms with van der Waals surface area (Å²) in [5, 5.41) is 14.9. The van der Waals surface area contributed by atoms with E-state index in [1.807, 2.05) is 0 Å². The van der Waals surface area contributed by atoms with Crippen LogP contribution in [0.15, 0.2) is 12.1 Å². The molecule has 1 saturated carbocycles. The van der Waals surface area contributed by atoms with Gasteiger partial charge in [0.25, 0.3) is 0 Å². The van der Waals surface area contributed by atoms with Gasteiger partial charge in [0.15, 0.2) is 0 Å². The van der Waals surface area contributed by atoms with Gasteiger partial charge in [0.1, 0.15) is 0 Å². The predicted octanol–water partition coefficient (Wildman–Crippen LogP) is 2.18. The van der Waals surface area contributed by atoms with Crippen molar-refractivity contribution in [1.29, 1.82) is 0 Å². The molecule has 1 aliphatic rings. The number of benzene rings is 1. The second-order valence-electron chi connectivity index (χ2n) is 6.07. The standard InChI is InChI=1S/C16H24N2O2/c1-11-6-12(2)14(13(3)7-11)8-17-15(20)18-9-16(10-19)4-5-16/h6-7,19H,4-5,8-10H2,1-3H3,(H2,17,18,20). The summed E-state index contributed by atoms with van der Waals surface area (Å²) in [5.74, 6) is 0. The number of hydrogen-bond acceptors (Lipinski definition) is 2. The highest BCUT2D eigenvalue weighted by molar-refractivity contribution is 5.74. The number of rotatable bonds is 5. The van der Waals surface area contributed by atoms with Crippen molar-refractivity contribution in [2.24, 2.45) is 5.41 Å². The molecule has 0 spiro atoms. The van der Waals surface area contributed by atoms with Crippen LogP contribution in [0.3, 0.4) is 0 Å². The van der Waals surface area contributed by atoms with Gasteiger partial charge in [-0.3, -0.25) is 0 Å². The SMILES string of the molecule is Cc1cc(C)c(CNC(=O)NCC2(CO)CC2)c(C)c1. The lowest BCUT2D eigenvalue weighted by atomic mass is 10.00. The lowest BCUT2D eigenvalue weighted by Crippen LogP contribution is -2.39. The smallest absolute Gasteiger partial charge is 0.315 e. The number of hydrogen-bond donors (Lipinski definition) is 3. The number of aliphatic hydroxyl groups excluding tert-OH is 1. The molecule has 0 heterocycles. The van der Waals surface area contributed by atoms with Crippen LogP contribution in [0.5, 0.6) is 0 Å². The number of carbonyl (C=O) groups excluding carboxylic acids is 1. The first-order valence-electron chi connectivity index (χ1n) is 7.15. The minimum atomic E-state index is -0.163. The molecule has 0 aromatic heterocycles. The van der Waals surface area contributed by atoms with Crippen LogP contribution in [0, 0.1) is 26.2 Å². The number of urea groups is 1. The Morgan fingerprint density at radius 2 is 1.80 bits per heavy atom. The van der Waals surface area contributed by atoms with Crippen LogP contribution in [-0.4, -0.2) is 24.3 Å². The van der Waals surface area contributed by atoms with Crippen molar-refractivity contribution in [3.8, 4) is 0 Å². The van der Waals surface area contributed by atoms with Crippen LogP contribution in [0.1, 0.15) is 35.1 Å². The third-order valence-electron chi connectivity index (χ3n) is 4.18. The van der Waals surface area contributed by atoms with E-state index in [4.69, 9.17) is 0 Å². The Kier molecular flexibility index (Phi) is 4.33. The highest BCUT2D eigenvalue weighted by atomic mass is 16.3. The number of amides is 2. The van der Waals surface area contributed by atoms with Crippen LogP contribution in [-0.2, 0) is 6.54 Å². The average molecular weight is 276 g/mol. The molecule has 1 aromatic rings. The van der Waals surface area contributed by atoms with Crippen LogP contribution in [0.25, 0.3) is 0 Å². The van der Waals surface area contributed by atoms with Crippen LogP contribution < -0.4 is 10.6 Å². The maximum absolute atomic E-state index is 11.8. The quantitative estimate of drug-likeness (QED) is 0.772. The lowest BCUT2D eigenvalue weighted by molar-refractivity contribution is 0.203. The van der Waals surface area contributed by atoms with Gasteiger partial charge in [0.05, 0.1) is 6.61 Å². The molecule has 0 aliphatic heterocycles. The van der Waals surface area contributed by atoms with Crippen LogP contribution >= 0.6 is 0 Å². The zero-order valence-corrected chi connectivity index (χ0v) is 12.5. The van der Waals surface area contributed by atoms with E-state index in [1.54, 1.807) is 0 Å². The van der Waals surface area contributed by atoms with Gasteiger partial charge in [-0.15, -0.1) is 0 Å². The molecule has 1 aliphatic carbocycles. The molecule has 0 unspecified atom stereocenters. The summed E-state index contributed by atoms with van der Waals surface area (Å²) < 4.78 is 0. The molecule has 1 aromatic carbocycles. The van der Waals surface area contributed by atoms with Crippen molar-refractivity contribution in [3.63, 3.8) is 0 Å². The predicted molar refractivity (Wildman–Crippen MR) is 79.6 cm³/mol. The van der Waals surface area contributed by atoms with E-state index in [0.717, 1.165) is 12.8 Å². The molecule has 3 N–H and O–H groups in total. The third-order valence-corrected chi connectivity index (χ3v) is 4.18. The van der Waals surface area contributed by atoms with E-state index in [9.17, 15) is 9.90 Å². The molecular formula is C16H24N2O2.